The number of nitrogens with zero attached hydrogens (tertiary/aromatic N) is 2. The fraction of sp³-hybridized carbons (Fsp3) is 0.0909. The molecule has 1 aliphatic heterocycles. The Labute approximate surface area is 187 Å². The predicted octanol–water partition coefficient (Wildman–Crippen LogP) is 6.02. The zero-order valence-electron chi connectivity index (χ0n) is 16.5. The lowest BCUT2D eigenvalue weighted by molar-refractivity contribution is -0.384. The van der Waals surface area contributed by atoms with E-state index in [-0.39, 0.29) is 16.6 Å². The zero-order chi connectivity index (χ0) is 22.1. The van der Waals surface area contributed by atoms with Gasteiger partial charge in [-0.25, -0.2) is 4.99 Å². The second-order valence-electron chi connectivity index (χ2n) is 6.90. The molecule has 0 bridgehead atoms. The molecule has 1 N–H and O–H groups in total. The molecule has 7 nitrogen and oxygen atoms in total. The maximum absolute atomic E-state index is 12.3. The number of carbonyl (C=O) groups is 1. The van der Waals surface area contributed by atoms with E-state index >= 15 is 0 Å². The van der Waals surface area contributed by atoms with Crippen LogP contribution < -0.4 is 5.32 Å². The Morgan fingerprint density at radius 2 is 1.97 bits per heavy atom. The average Bonchev–Trinajstić information content (AvgIpc) is 3.31. The number of amidine groups is 1. The highest BCUT2D eigenvalue weighted by molar-refractivity contribution is 8.18. The predicted molar refractivity (Wildman–Crippen MR) is 123 cm³/mol. The highest BCUT2D eigenvalue weighted by Crippen LogP contribution is 2.33. The van der Waals surface area contributed by atoms with Crippen LogP contribution in [0.1, 0.15) is 16.9 Å². The number of benzene rings is 2. The fourth-order valence-corrected chi connectivity index (χ4v) is 4.04. The summed E-state index contributed by atoms with van der Waals surface area (Å²) in [5.74, 6) is 0.603. The van der Waals surface area contributed by atoms with Gasteiger partial charge in [-0.3, -0.25) is 14.9 Å². The van der Waals surface area contributed by atoms with Crippen LogP contribution in [0.4, 0.5) is 11.4 Å². The Hall–Kier alpha value is -3.36. The topological polar surface area (TPSA) is 97.7 Å². The Bertz CT molecular complexity index is 1280. The van der Waals surface area contributed by atoms with Crippen LogP contribution in [-0.2, 0) is 4.79 Å². The Balaban J connectivity index is 1.57. The van der Waals surface area contributed by atoms with Crippen LogP contribution >= 0.6 is 23.4 Å². The van der Waals surface area contributed by atoms with E-state index in [9.17, 15) is 14.9 Å². The number of rotatable bonds is 4. The second kappa shape index (κ2) is 8.41. The van der Waals surface area contributed by atoms with E-state index in [0.717, 1.165) is 16.8 Å². The van der Waals surface area contributed by atoms with Gasteiger partial charge in [0.15, 0.2) is 5.17 Å². The fourth-order valence-electron chi connectivity index (χ4n) is 3.04. The minimum Gasteiger partial charge on any atom is -0.457 e. The number of hydrogen-bond acceptors (Lipinski definition) is 6. The number of thioether (sulfide) groups is 1. The van der Waals surface area contributed by atoms with Crippen LogP contribution in [0.15, 0.2) is 62.8 Å². The Morgan fingerprint density at radius 1 is 1.16 bits per heavy atom. The molecule has 1 amide bonds. The first kappa shape index (κ1) is 20.9. The van der Waals surface area contributed by atoms with E-state index in [4.69, 9.17) is 16.0 Å². The standard InChI is InChI=1S/C22H16ClN3O4S/c1-12-3-7-17(13(2)9-12)24-22-25-21(27)20(31-22)11-15-5-8-19(30-15)14-4-6-16(23)18(10-14)26(28)29/h3-11H,1-2H3,(H,24,25,27)/b20-11-. The molecule has 0 aliphatic carbocycles. The summed E-state index contributed by atoms with van der Waals surface area (Å²) in [6.45, 7) is 3.98. The molecule has 3 aromatic rings. The summed E-state index contributed by atoms with van der Waals surface area (Å²) in [4.78, 5) is 27.9. The van der Waals surface area contributed by atoms with E-state index < -0.39 is 4.92 Å². The minimum absolute atomic E-state index is 0.0531. The number of nitro groups is 1. The molecule has 1 aromatic heterocycles. The van der Waals surface area contributed by atoms with Crippen molar-refractivity contribution in [3.8, 4) is 11.3 Å². The number of amides is 1. The molecule has 31 heavy (non-hydrogen) atoms. The van der Waals surface area contributed by atoms with Gasteiger partial charge in [0, 0.05) is 17.7 Å². The van der Waals surface area contributed by atoms with Gasteiger partial charge in [0.05, 0.1) is 15.5 Å². The summed E-state index contributed by atoms with van der Waals surface area (Å²) >= 11 is 7.08. The molecule has 1 aliphatic rings. The number of carbonyl (C=O) groups excluding carboxylic acids is 1. The smallest absolute Gasteiger partial charge is 0.288 e. The molecule has 0 radical (unpaired) electrons. The van der Waals surface area contributed by atoms with Crippen LogP contribution in [0.25, 0.3) is 17.4 Å². The van der Waals surface area contributed by atoms with Crippen molar-refractivity contribution in [2.24, 2.45) is 4.99 Å². The van der Waals surface area contributed by atoms with E-state index in [1.54, 1.807) is 24.3 Å². The molecule has 1 saturated heterocycles. The Morgan fingerprint density at radius 3 is 2.71 bits per heavy atom. The van der Waals surface area contributed by atoms with Gasteiger partial charge in [-0.05, 0) is 61.5 Å². The third-order valence-electron chi connectivity index (χ3n) is 4.55. The number of hydrogen-bond donors (Lipinski definition) is 1. The van der Waals surface area contributed by atoms with Crippen molar-refractivity contribution in [1.29, 1.82) is 0 Å². The zero-order valence-corrected chi connectivity index (χ0v) is 18.1. The minimum atomic E-state index is -0.548. The molecule has 2 heterocycles. The molecule has 0 spiro atoms. The van der Waals surface area contributed by atoms with Gasteiger partial charge in [-0.1, -0.05) is 29.3 Å². The summed E-state index contributed by atoms with van der Waals surface area (Å²) in [7, 11) is 0. The summed E-state index contributed by atoms with van der Waals surface area (Å²) in [5.41, 5.74) is 3.27. The van der Waals surface area contributed by atoms with Gasteiger partial charge >= 0.3 is 0 Å². The lowest BCUT2D eigenvalue weighted by Gasteiger charge is -2.02. The highest BCUT2D eigenvalue weighted by Gasteiger charge is 2.24. The van der Waals surface area contributed by atoms with E-state index in [1.165, 1.54) is 23.9 Å². The first-order valence-corrected chi connectivity index (χ1v) is 10.4. The number of furan rings is 1. The maximum Gasteiger partial charge on any atom is 0.288 e. The van der Waals surface area contributed by atoms with Crippen LogP contribution in [-0.4, -0.2) is 16.0 Å². The third-order valence-corrected chi connectivity index (χ3v) is 5.78. The van der Waals surface area contributed by atoms with Crippen molar-refractivity contribution in [1.82, 2.24) is 5.32 Å². The lowest BCUT2D eigenvalue weighted by Crippen LogP contribution is -2.19. The van der Waals surface area contributed by atoms with Crippen molar-refractivity contribution in [2.75, 3.05) is 0 Å². The van der Waals surface area contributed by atoms with Gasteiger partial charge in [0.25, 0.3) is 11.6 Å². The summed E-state index contributed by atoms with van der Waals surface area (Å²) < 4.78 is 5.77. The first-order chi connectivity index (χ1) is 14.8. The van der Waals surface area contributed by atoms with Gasteiger partial charge < -0.3 is 9.73 Å². The molecule has 9 heteroatoms. The van der Waals surface area contributed by atoms with Crippen LogP contribution in [0.3, 0.4) is 0 Å². The van der Waals surface area contributed by atoms with Gasteiger partial charge in [-0.2, -0.15) is 0 Å². The van der Waals surface area contributed by atoms with Crippen molar-refractivity contribution in [3.05, 3.63) is 85.5 Å². The molecule has 2 aromatic carbocycles. The van der Waals surface area contributed by atoms with E-state index in [0.29, 0.717) is 27.2 Å². The van der Waals surface area contributed by atoms with Crippen molar-refractivity contribution >= 4 is 51.9 Å². The molecular formula is C22H16ClN3O4S. The number of aryl methyl sites for hydroxylation is 2. The summed E-state index contributed by atoms with van der Waals surface area (Å²) in [6, 6.07) is 13.7. The molecule has 0 saturated carbocycles. The molecule has 4 rings (SSSR count). The molecule has 0 atom stereocenters. The van der Waals surface area contributed by atoms with E-state index in [1.807, 2.05) is 32.0 Å². The molecular weight excluding hydrogens is 438 g/mol. The molecule has 0 unspecified atom stereocenters. The van der Waals surface area contributed by atoms with Gasteiger partial charge in [0.2, 0.25) is 0 Å². The van der Waals surface area contributed by atoms with Crippen LogP contribution in [0.2, 0.25) is 5.02 Å². The van der Waals surface area contributed by atoms with Crippen molar-refractivity contribution in [3.63, 3.8) is 0 Å². The Kier molecular flexibility index (Phi) is 5.67. The monoisotopic (exact) mass is 453 g/mol. The number of nitro benzene ring substituents is 1. The van der Waals surface area contributed by atoms with Crippen molar-refractivity contribution in [2.45, 2.75) is 13.8 Å². The normalized spacial score (nSPS) is 16.2. The SMILES string of the molecule is Cc1ccc(N=C2NC(=O)/C(=C/c3ccc(-c4ccc(Cl)c([N+](=O)[O-])c4)o3)S2)c(C)c1. The lowest BCUT2D eigenvalue weighted by atomic mass is 10.1. The van der Waals surface area contributed by atoms with E-state index in [2.05, 4.69) is 10.3 Å². The number of aliphatic imine (C=N–C) groups is 1. The van der Waals surface area contributed by atoms with Gasteiger partial charge in [0.1, 0.15) is 16.5 Å². The highest BCUT2D eigenvalue weighted by atomic mass is 35.5. The van der Waals surface area contributed by atoms with Crippen molar-refractivity contribution < 1.29 is 14.1 Å². The summed E-state index contributed by atoms with van der Waals surface area (Å²) in [6.07, 6.45) is 1.61. The summed E-state index contributed by atoms with van der Waals surface area (Å²) in [5, 5.41) is 14.4. The van der Waals surface area contributed by atoms with Crippen LogP contribution in [0.5, 0.6) is 0 Å². The quantitative estimate of drug-likeness (QED) is 0.296. The average molecular weight is 454 g/mol. The second-order valence-corrected chi connectivity index (χ2v) is 8.33. The molecule has 156 valence electrons. The molecule has 1 fully saturated rings. The number of halogens is 1. The third kappa shape index (κ3) is 4.55. The maximum atomic E-state index is 12.3. The number of nitrogens with one attached hydrogen (secondary N) is 1. The van der Waals surface area contributed by atoms with Crippen LogP contribution in [0, 0.1) is 24.0 Å². The van der Waals surface area contributed by atoms with Gasteiger partial charge in [-0.15, -0.1) is 0 Å². The largest absolute Gasteiger partial charge is 0.457 e. The first-order valence-electron chi connectivity index (χ1n) is 9.21.